The number of phosphoric acid groups is 1. The highest BCUT2D eigenvalue weighted by Gasteiger charge is 2.27. The molecule has 3 atom stereocenters. The number of carbonyl (C=O) groups excluding carboxylic acids is 2. The maximum absolute atomic E-state index is 13.5. The van der Waals surface area contributed by atoms with Gasteiger partial charge in [0.1, 0.15) is 19.3 Å². The van der Waals surface area contributed by atoms with Crippen LogP contribution < -0.4 is 10.2 Å². The highest BCUT2D eigenvalue weighted by Crippen LogP contribution is 2.38. The first-order valence-electron chi connectivity index (χ1n) is 32.2. The van der Waals surface area contributed by atoms with Crippen molar-refractivity contribution in [2.45, 2.75) is 303 Å². The van der Waals surface area contributed by atoms with Crippen molar-refractivity contribution in [1.29, 1.82) is 0 Å². The Hall–Kier alpha value is -2.55. The van der Waals surface area contributed by atoms with Crippen molar-refractivity contribution in [3.05, 3.63) is 72.9 Å². The second-order valence-electron chi connectivity index (χ2n) is 22.9. The number of ether oxygens (including phenoxy) is 1. The molecule has 0 aromatic rings. The van der Waals surface area contributed by atoms with Crippen LogP contribution in [-0.2, 0) is 27.9 Å². The van der Waals surface area contributed by atoms with Gasteiger partial charge in [-0.2, -0.15) is 0 Å². The molecule has 0 radical (unpaired) electrons. The van der Waals surface area contributed by atoms with E-state index in [0.717, 1.165) is 103 Å². The summed E-state index contributed by atoms with van der Waals surface area (Å²) in [6, 6.07) is -0.892. The summed E-state index contributed by atoms with van der Waals surface area (Å²) in [4.78, 5) is 40.0. The molecule has 77 heavy (non-hydrogen) atoms. The first-order valence-corrected chi connectivity index (χ1v) is 33.7. The SMILES string of the molecule is CC/C=C\C/C=C\C/C=C\C/C=C\C/C=C\CCCCCCCCCCCC(=O)NC(COP(=O)([O-])OCC[N+](C)(C)C)C(/C=C\CCCCCCCCCCCC)OC(=O)CCCCCCCCCCCCCCCC. The molecule has 0 saturated heterocycles. The molecule has 9 nitrogen and oxygen atoms in total. The topological polar surface area (TPSA) is 114 Å². The highest BCUT2D eigenvalue weighted by molar-refractivity contribution is 7.45. The molecule has 448 valence electrons. The minimum Gasteiger partial charge on any atom is -0.756 e. The van der Waals surface area contributed by atoms with E-state index in [2.05, 4.69) is 86.8 Å². The number of amides is 1. The molecular formula is C67H123N2O7P. The van der Waals surface area contributed by atoms with Gasteiger partial charge in [-0.15, -0.1) is 0 Å². The number of phosphoric ester groups is 1. The summed E-state index contributed by atoms with van der Waals surface area (Å²) in [7, 11) is 1.18. The number of hydrogen-bond donors (Lipinski definition) is 1. The zero-order chi connectivity index (χ0) is 56.4. The molecular weight excluding hydrogens is 976 g/mol. The third-order valence-electron chi connectivity index (χ3n) is 14.2. The Morgan fingerprint density at radius 3 is 1.25 bits per heavy atom. The second-order valence-corrected chi connectivity index (χ2v) is 24.3. The Morgan fingerprint density at radius 1 is 0.468 bits per heavy atom. The van der Waals surface area contributed by atoms with E-state index in [0.29, 0.717) is 17.4 Å². The van der Waals surface area contributed by atoms with Crippen LogP contribution in [0, 0.1) is 0 Å². The van der Waals surface area contributed by atoms with E-state index in [1.54, 1.807) is 0 Å². The lowest BCUT2D eigenvalue weighted by molar-refractivity contribution is -0.870. The number of likely N-dealkylation sites (N-methyl/N-ethyl adjacent to an activating group) is 1. The lowest BCUT2D eigenvalue weighted by atomic mass is 10.0. The van der Waals surface area contributed by atoms with Gasteiger partial charge in [0.05, 0.1) is 33.8 Å². The van der Waals surface area contributed by atoms with E-state index in [1.807, 2.05) is 33.3 Å². The normalized spacial score (nSPS) is 14.1. The number of hydrogen-bond acceptors (Lipinski definition) is 7. The average Bonchev–Trinajstić information content (AvgIpc) is 3.39. The van der Waals surface area contributed by atoms with Gasteiger partial charge in [0.25, 0.3) is 7.82 Å². The molecule has 0 aliphatic rings. The highest BCUT2D eigenvalue weighted by atomic mass is 31.2. The van der Waals surface area contributed by atoms with Gasteiger partial charge in [-0.1, -0.05) is 274 Å². The van der Waals surface area contributed by atoms with E-state index in [-0.39, 0.29) is 24.9 Å². The van der Waals surface area contributed by atoms with Crippen LogP contribution in [0.1, 0.15) is 290 Å². The molecule has 0 heterocycles. The zero-order valence-corrected chi connectivity index (χ0v) is 52.0. The predicted molar refractivity (Wildman–Crippen MR) is 330 cm³/mol. The van der Waals surface area contributed by atoms with Gasteiger partial charge in [-0.25, -0.2) is 0 Å². The maximum atomic E-state index is 13.5. The number of unbranched alkanes of at least 4 members (excludes halogenated alkanes) is 32. The largest absolute Gasteiger partial charge is 0.756 e. The van der Waals surface area contributed by atoms with Gasteiger partial charge >= 0.3 is 5.97 Å². The number of esters is 1. The van der Waals surface area contributed by atoms with E-state index in [1.165, 1.54) is 154 Å². The van der Waals surface area contributed by atoms with E-state index in [4.69, 9.17) is 13.8 Å². The molecule has 1 N–H and O–H groups in total. The fraction of sp³-hybridized carbons (Fsp3) is 0.791. The van der Waals surface area contributed by atoms with Crippen molar-refractivity contribution < 1.29 is 37.3 Å². The molecule has 0 aromatic heterocycles. The molecule has 0 spiro atoms. The first-order chi connectivity index (χ1) is 37.4. The van der Waals surface area contributed by atoms with Crippen molar-refractivity contribution in [2.75, 3.05) is 40.9 Å². The van der Waals surface area contributed by atoms with Crippen LogP contribution >= 0.6 is 7.82 Å². The maximum Gasteiger partial charge on any atom is 0.306 e. The molecule has 0 aliphatic heterocycles. The number of quaternary nitrogens is 1. The number of rotatable bonds is 58. The van der Waals surface area contributed by atoms with Gasteiger partial charge in [0.2, 0.25) is 5.91 Å². The second kappa shape index (κ2) is 56.7. The Labute approximate surface area is 476 Å². The van der Waals surface area contributed by atoms with E-state index >= 15 is 0 Å². The smallest absolute Gasteiger partial charge is 0.306 e. The Bertz CT molecular complexity index is 1550. The Balaban J connectivity index is 5.13. The quantitative estimate of drug-likeness (QED) is 0.0212. The fourth-order valence-electron chi connectivity index (χ4n) is 9.20. The van der Waals surface area contributed by atoms with Crippen LogP contribution in [0.3, 0.4) is 0 Å². The summed E-state index contributed by atoms with van der Waals surface area (Å²) in [5.74, 6) is -0.541. The van der Waals surface area contributed by atoms with Crippen molar-refractivity contribution in [1.82, 2.24) is 5.32 Å². The summed E-state index contributed by atoms with van der Waals surface area (Å²) >= 11 is 0. The average molecular weight is 1100 g/mol. The van der Waals surface area contributed by atoms with Gasteiger partial charge in [0.15, 0.2) is 0 Å². The van der Waals surface area contributed by atoms with Crippen molar-refractivity contribution in [3.63, 3.8) is 0 Å². The van der Waals surface area contributed by atoms with Crippen LogP contribution in [0.25, 0.3) is 0 Å². The summed E-state index contributed by atoms with van der Waals surface area (Å²) in [6.45, 7) is 6.74. The van der Waals surface area contributed by atoms with E-state index in [9.17, 15) is 19.0 Å². The number of nitrogens with one attached hydrogen (secondary N) is 1. The van der Waals surface area contributed by atoms with Crippen molar-refractivity contribution >= 4 is 19.7 Å². The fourth-order valence-corrected chi connectivity index (χ4v) is 9.92. The standard InChI is InChI=1S/C67H123N2O7P/c1-7-10-13-16-19-22-25-28-30-31-32-33-34-35-36-37-38-39-40-41-44-47-50-53-56-59-66(70)68-64(63-75-77(72,73)74-62-61-69(4,5)6)65(58-55-52-49-46-43-27-24-21-18-15-12-9-3)76-67(71)60-57-54-51-48-45-42-29-26-23-20-17-14-11-8-2/h10,13,19,22,28,30,32-33,35-36,55,58,64-65H,7-9,11-12,14-18,20-21,23-27,29,31,34,37-54,56-57,59-63H2,1-6H3,(H-,68,70,72,73)/b13-10-,22-19-,30-28-,33-32-,36-35-,58-55-. The summed E-state index contributed by atoms with van der Waals surface area (Å²) < 4.78 is 30.3. The third-order valence-corrected chi connectivity index (χ3v) is 15.1. The van der Waals surface area contributed by atoms with Crippen LogP contribution in [-0.4, -0.2) is 69.4 Å². The van der Waals surface area contributed by atoms with Crippen molar-refractivity contribution in [3.8, 4) is 0 Å². The third kappa shape index (κ3) is 57.9. The van der Waals surface area contributed by atoms with Gasteiger partial charge in [-0.05, 0) is 76.7 Å². The number of allylic oxidation sites excluding steroid dienone is 11. The van der Waals surface area contributed by atoms with Crippen LogP contribution in [0.2, 0.25) is 0 Å². The Morgan fingerprint density at radius 2 is 0.831 bits per heavy atom. The van der Waals surface area contributed by atoms with Crippen molar-refractivity contribution in [2.24, 2.45) is 0 Å². The summed E-state index contributed by atoms with van der Waals surface area (Å²) in [6.07, 6.45) is 72.9. The summed E-state index contributed by atoms with van der Waals surface area (Å²) in [5.41, 5.74) is 0. The number of carbonyl (C=O) groups is 2. The van der Waals surface area contributed by atoms with Gasteiger partial charge in [-0.3, -0.25) is 14.2 Å². The Kier molecular flexibility index (Phi) is 54.8. The van der Waals surface area contributed by atoms with Crippen LogP contribution in [0.5, 0.6) is 0 Å². The molecule has 1 amide bonds. The van der Waals surface area contributed by atoms with Gasteiger partial charge < -0.3 is 28.5 Å². The molecule has 0 rings (SSSR count). The lowest BCUT2D eigenvalue weighted by Crippen LogP contribution is -2.47. The molecule has 0 bridgehead atoms. The predicted octanol–water partition coefficient (Wildman–Crippen LogP) is 19.4. The monoisotopic (exact) mass is 1100 g/mol. The molecule has 0 fully saturated rings. The van der Waals surface area contributed by atoms with Gasteiger partial charge in [0, 0.05) is 12.8 Å². The van der Waals surface area contributed by atoms with Crippen LogP contribution in [0.4, 0.5) is 0 Å². The number of nitrogens with zero attached hydrogens (tertiary/aromatic N) is 1. The molecule has 3 unspecified atom stereocenters. The molecule has 0 aliphatic carbocycles. The van der Waals surface area contributed by atoms with E-state index < -0.39 is 26.6 Å². The minimum absolute atomic E-state index is 0.0243. The zero-order valence-electron chi connectivity index (χ0n) is 51.2. The molecule has 0 aromatic carbocycles. The molecule has 0 saturated carbocycles. The van der Waals surface area contributed by atoms with Crippen LogP contribution in [0.15, 0.2) is 72.9 Å². The minimum atomic E-state index is -4.70. The summed E-state index contributed by atoms with van der Waals surface area (Å²) in [5, 5.41) is 3.03. The molecule has 10 heteroatoms. The first kappa shape index (κ1) is 74.5. The lowest BCUT2D eigenvalue weighted by Gasteiger charge is -2.30.